The molecule has 0 unspecified atom stereocenters. The van der Waals surface area contributed by atoms with Crippen LogP contribution in [0.5, 0.6) is 0 Å². The van der Waals surface area contributed by atoms with Crippen LogP contribution in [0.15, 0.2) is 0 Å². The standard InChI is InChI=1S/C8H19NO/c1-4-7(5-2)8(6-10)9-3/h7-10H,4-6H2,1-3H3/t8-/m0/s1. The molecule has 0 bridgehead atoms. The molecule has 0 aliphatic carbocycles. The molecule has 0 amide bonds. The fourth-order valence-corrected chi connectivity index (χ4v) is 1.33. The molecule has 0 aromatic carbocycles. The number of likely N-dealkylation sites (N-methyl/N-ethyl adjacent to an activating group) is 1. The predicted octanol–water partition coefficient (Wildman–Crippen LogP) is 1.00. The van der Waals surface area contributed by atoms with Gasteiger partial charge in [0.05, 0.1) is 6.61 Å². The maximum Gasteiger partial charge on any atom is 0.0587 e. The molecule has 10 heavy (non-hydrogen) atoms. The zero-order chi connectivity index (χ0) is 7.98. The summed E-state index contributed by atoms with van der Waals surface area (Å²) in [6.45, 7) is 4.57. The van der Waals surface area contributed by atoms with Crippen molar-refractivity contribution in [1.82, 2.24) is 5.32 Å². The molecular formula is C8H19NO. The van der Waals surface area contributed by atoms with Crippen LogP contribution in [0.1, 0.15) is 26.7 Å². The molecule has 0 aliphatic heterocycles. The molecule has 62 valence electrons. The molecule has 0 rings (SSSR count). The summed E-state index contributed by atoms with van der Waals surface area (Å²) in [7, 11) is 1.90. The zero-order valence-corrected chi connectivity index (χ0v) is 7.22. The Labute approximate surface area is 63.6 Å². The summed E-state index contributed by atoms with van der Waals surface area (Å²) in [5.74, 6) is 0.620. The summed E-state index contributed by atoms with van der Waals surface area (Å²) in [5, 5.41) is 12.0. The Morgan fingerprint density at radius 3 is 1.90 bits per heavy atom. The largest absolute Gasteiger partial charge is 0.395 e. The molecular weight excluding hydrogens is 126 g/mol. The van der Waals surface area contributed by atoms with Crippen LogP contribution in [0.25, 0.3) is 0 Å². The van der Waals surface area contributed by atoms with Crippen molar-refractivity contribution in [2.24, 2.45) is 5.92 Å². The Bertz CT molecular complexity index is 57.7. The van der Waals surface area contributed by atoms with Crippen molar-refractivity contribution < 1.29 is 5.11 Å². The summed E-state index contributed by atoms with van der Waals surface area (Å²) in [5.41, 5.74) is 0. The van der Waals surface area contributed by atoms with E-state index in [-0.39, 0.29) is 12.6 Å². The number of hydrogen-bond acceptors (Lipinski definition) is 2. The van der Waals surface area contributed by atoms with Crippen LogP contribution in [0, 0.1) is 5.92 Å². The summed E-state index contributed by atoms with van der Waals surface area (Å²) in [4.78, 5) is 0. The van der Waals surface area contributed by atoms with Gasteiger partial charge in [-0.25, -0.2) is 0 Å². The molecule has 0 radical (unpaired) electrons. The van der Waals surface area contributed by atoms with E-state index in [1.54, 1.807) is 0 Å². The van der Waals surface area contributed by atoms with E-state index >= 15 is 0 Å². The van der Waals surface area contributed by atoms with Gasteiger partial charge in [0.2, 0.25) is 0 Å². The average Bonchev–Trinajstić information content (AvgIpc) is 2.00. The van der Waals surface area contributed by atoms with Gasteiger partial charge in [0.25, 0.3) is 0 Å². The quantitative estimate of drug-likeness (QED) is 0.605. The lowest BCUT2D eigenvalue weighted by atomic mass is 9.95. The van der Waals surface area contributed by atoms with Crippen LogP contribution < -0.4 is 5.32 Å². The van der Waals surface area contributed by atoms with Crippen molar-refractivity contribution >= 4 is 0 Å². The molecule has 0 aliphatic rings. The third-order valence-electron chi connectivity index (χ3n) is 2.19. The SMILES string of the molecule is CCC(CC)[C@H](CO)NC. The lowest BCUT2D eigenvalue weighted by molar-refractivity contribution is 0.199. The van der Waals surface area contributed by atoms with E-state index in [0.717, 1.165) is 12.8 Å². The highest BCUT2D eigenvalue weighted by molar-refractivity contribution is 4.71. The Kier molecular flexibility index (Phi) is 5.64. The van der Waals surface area contributed by atoms with Gasteiger partial charge < -0.3 is 10.4 Å². The van der Waals surface area contributed by atoms with Crippen LogP contribution in [0.3, 0.4) is 0 Å². The summed E-state index contributed by atoms with van der Waals surface area (Å²) in [6.07, 6.45) is 2.28. The van der Waals surface area contributed by atoms with Gasteiger partial charge in [-0.1, -0.05) is 26.7 Å². The molecule has 0 saturated carbocycles. The lowest BCUT2D eigenvalue weighted by Crippen LogP contribution is -2.36. The van der Waals surface area contributed by atoms with Crippen molar-refractivity contribution in [3.63, 3.8) is 0 Å². The second-order valence-corrected chi connectivity index (χ2v) is 2.65. The molecule has 1 atom stereocenters. The van der Waals surface area contributed by atoms with E-state index < -0.39 is 0 Å². The first kappa shape index (κ1) is 9.92. The predicted molar refractivity (Wildman–Crippen MR) is 44.0 cm³/mol. The fraction of sp³-hybridized carbons (Fsp3) is 1.00. The second kappa shape index (κ2) is 5.69. The Morgan fingerprint density at radius 1 is 1.30 bits per heavy atom. The average molecular weight is 145 g/mol. The van der Waals surface area contributed by atoms with E-state index in [9.17, 15) is 0 Å². The lowest BCUT2D eigenvalue weighted by Gasteiger charge is -2.22. The molecule has 0 aromatic rings. The summed E-state index contributed by atoms with van der Waals surface area (Å²) < 4.78 is 0. The van der Waals surface area contributed by atoms with E-state index in [0.29, 0.717) is 5.92 Å². The van der Waals surface area contributed by atoms with Crippen LogP contribution in [0.2, 0.25) is 0 Å². The van der Waals surface area contributed by atoms with Crippen molar-refractivity contribution in [2.45, 2.75) is 32.7 Å². The minimum atomic E-state index is 0.253. The minimum Gasteiger partial charge on any atom is -0.395 e. The number of aliphatic hydroxyl groups is 1. The third kappa shape index (κ3) is 2.67. The Morgan fingerprint density at radius 2 is 1.80 bits per heavy atom. The van der Waals surface area contributed by atoms with Crippen molar-refractivity contribution in [3.8, 4) is 0 Å². The van der Waals surface area contributed by atoms with E-state index in [2.05, 4.69) is 19.2 Å². The van der Waals surface area contributed by atoms with Crippen LogP contribution in [-0.4, -0.2) is 24.8 Å². The molecule has 2 N–H and O–H groups in total. The van der Waals surface area contributed by atoms with E-state index in [1.165, 1.54) is 0 Å². The molecule has 0 fully saturated rings. The number of hydrogen-bond donors (Lipinski definition) is 2. The molecule has 0 heterocycles. The van der Waals surface area contributed by atoms with Gasteiger partial charge in [-0.15, -0.1) is 0 Å². The highest BCUT2D eigenvalue weighted by Gasteiger charge is 2.14. The highest BCUT2D eigenvalue weighted by atomic mass is 16.3. The molecule has 0 aromatic heterocycles. The molecule has 2 heteroatoms. The number of aliphatic hydroxyl groups excluding tert-OH is 1. The van der Waals surface area contributed by atoms with Crippen LogP contribution >= 0.6 is 0 Å². The topological polar surface area (TPSA) is 32.3 Å². The third-order valence-corrected chi connectivity index (χ3v) is 2.19. The van der Waals surface area contributed by atoms with E-state index in [4.69, 9.17) is 5.11 Å². The first-order valence-electron chi connectivity index (χ1n) is 4.08. The van der Waals surface area contributed by atoms with Gasteiger partial charge in [0, 0.05) is 6.04 Å². The first-order chi connectivity index (χ1) is 4.79. The molecule has 0 spiro atoms. The molecule has 2 nitrogen and oxygen atoms in total. The van der Waals surface area contributed by atoms with Crippen molar-refractivity contribution in [1.29, 1.82) is 0 Å². The van der Waals surface area contributed by atoms with Gasteiger partial charge in [0.1, 0.15) is 0 Å². The van der Waals surface area contributed by atoms with Crippen molar-refractivity contribution in [2.75, 3.05) is 13.7 Å². The Hall–Kier alpha value is -0.0800. The van der Waals surface area contributed by atoms with Gasteiger partial charge in [-0.05, 0) is 13.0 Å². The van der Waals surface area contributed by atoms with Crippen molar-refractivity contribution in [3.05, 3.63) is 0 Å². The Balaban J connectivity index is 3.70. The maximum absolute atomic E-state index is 8.90. The van der Waals surface area contributed by atoms with Crippen LogP contribution in [0.4, 0.5) is 0 Å². The highest BCUT2D eigenvalue weighted by Crippen LogP contribution is 2.11. The van der Waals surface area contributed by atoms with Crippen LogP contribution in [-0.2, 0) is 0 Å². The minimum absolute atomic E-state index is 0.253. The van der Waals surface area contributed by atoms with E-state index in [1.807, 2.05) is 7.05 Å². The fourth-order valence-electron chi connectivity index (χ4n) is 1.33. The molecule has 0 saturated heterocycles. The summed E-state index contributed by atoms with van der Waals surface area (Å²) in [6, 6.07) is 0.287. The number of nitrogens with one attached hydrogen (secondary N) is 1. The van der Waals surface area contributed by atoms with Gasteiger partial charge >= 0.3 is 0 Å². The monoisotopic (exact) mass is 145 g/mol. The normalized spacial score (nSPS) is 14.1. The summed E-state index contributed by atoms with van der Waals surface area (Å²) >= 11 is 0. The second-order valence-electron chi connectivity index (χ2n) is 2.65. The van der Waals surface area contributed by atoms with Gasteiger partial charge in [-0.2, -0.15) is 0 Å². The first-order valence-corrected chi connectivity index (χ1v) is 4.08. The number of rotatable bonds is 5. The smallest absolute Gasteiger partial charge is 0.0587 e. The van der Waals surface area contributed by atoms with Gasteiger partial charge in [0.15, 0.2) is 0 Å². The van der Waals surface area contributed by atoms with Gasteiger partial charge in [-0.3, -0.25) is 0 Å². The zero-order valence-electron chi connectivity index (χ0n) is 7.22. The maximum atomic E-state index is 8.90.